The fourth-order valence-electron chi connectivity index (χ4n) is 2.50. The number of pyridine rings is 1. The van der Waals surface area contributed by atoms with Gasteiger partial charge in [0.25, 0.3) is 0 Å². The van der Waals surface area contributed by atoms with Gasteiger partial charge in [0, 0.05) is 12.7 Å². The Labute approximate surface area is 160 Å². The predicted molar refractivity (Wildman–Crippen MR) is 107 cm³/mol. The zero-order valence-electron chi connectivity index (χ0n) is 16.4. The lowest BCUT2D eigenvalue weighted by atomic mass is 10.2. The number of methoxy groups -OCH3 is 2. The molecule has 0 aliphatic carbocycles. The van der Waals surface area contributed by atoms with Crippen molar-refractivity contribution in [1.29, 1.82) is 0 Å². The number of hydrogen-bond donors (Lipinski definition) is 2. The van der Waals surface area contributed by atoms with Crippen molar-refractivity contribution in [2.24, 2.45) is 4.99 Å². The Kier molecular flexibility index (Phi) is 8.22. The third-order valence-corrected chi connectivity index (χ3v) is 3.74. The molecule has 0 unspecified atom stereocenters. The van der Waals surface area contributed by atoms with Gasteiger partial charge in [0.15, 0.2) is 17.5 Å². The highest BCUT2D eigenvalue weighted by atomic mass is 16.5. The van der Waals surface area contributed by atoms with Crippen LogP contribution < -0.4 is 24.8 Å². The van der Waals surface area contributed by atoms with E-state index >= 15 is 0 Å². The number of aromatic nitrogens is 1. The summed E-state index contributed by atoms with van der Waals surface area (Å²) < 4.78 is 16.5. The Bertz CT molecular complexity index is 710. The van der Waals surface area contributed by atoms with E-state index in [9.17, 15) is 0 Å². The number of ether oxygens (including phenoxy) is 3. The molecule has 0 aliphatic rings. The Balaban J connectivity index is 2.14. The van der Waals surface area contributed by atoms with Crippen molar-refractivity contribution in [3.63, 3.8) is 0 Å². The average Bonchev–Trinajstić information content (AvgIpc) is 2.71. The maximum absolute atomic E-state index is 5.64. The second-order valence-corrected chi connectivity index (χ2v) is 5.63. The Morgan fingerprint density at radius 3 is 2.37 bits per heavy atom. The van der Waals surface area contributed by atoms with Gasteiger partial charge in [-0.25, -0.2) is 4.99 Å². The molecule has 0 bridgehead atoms. The van der Waals surface area contributed by atoms with Crippen molar-refractivity contribution in [2.45, 2.75) is 26.9 Å². The van der Waals surface area contributed by atoms with Gasteiger partial charge in [0.05, 0.1) is 39.6 Å². The van der Waals surface area contributed by atoms with Crippen LogP contribution in [0.15, 0.2) is 41.5 Å². The minimum atomic E-state index is 0.469. The molecule has 0 fully saturated rings. The Morgan fingerprint density at radius 2 is 1.81 bits per heavy atom. The van der Waals surface area contributed by atoms with Gasteiger partial charge in [0.2, 0.25) is 5.75 Å². The van der Waals surface area contributed by atoms with Crippen LogP contribution in [0.3, 0.4) is 0 Å². The van der Waals surface area contributed by atoms with Crippen LogP contribution in [0.2, 0.25) is 0 Å². The van der Waals surface area contributed by atoms with E-state index in [0.29, 0.717) is 36.9 Å². The van der Waals surface area contributed by atoms with Crippen LogP contribution in [0.4, 0.5) is 0 Å². The summed E-state index contributed by atoms with van der Waals surface area (Å²) in [6.07, 6.45) is 1.78. The summed E-state index contributed by atoms with van der Waals surface area (Å²) in [6, 6.07) is 9.67. The third-order valence-electron chi connectivity index (χ3n) is 3.74. The molecule has 2 rings (SSSR count). The maximum Gasteiger partial charge on any atom is 0.203 e. The smallest absolute Gasteiger partial charge is 0.203 e. The fourth-order valence-corrected chi connectivity index (χ4v) is 2.50. The molecule has 0 radical (unpaired) electrons. The first kappa shape index (κ1) is 20.4. The van der Waals surface area contributed by atoms with Crippen molar-refractivity contribution in [3.8, 4) is 17.2 Å². The zero-order chi connectivity index (χ0) is 19.5. The summed E-state index contributed by atoms with van der Waals surface area (Å²) in [5.41, 5.74) is 1.91. The van der Waals surface area contributed by atoms with Crippen LogP contribution in [0.1, 0.15) is 25.1 Å². The molecule has 27 heavy (non-hydrogen) atoms. The summed E-state index contributed by atoms with van der Waals surface area (Å²) in [5, 5.41) is 6.52. The first-order valence-electron chi connectivity index (χ1n) is 9.01. The number of nitrogens with zero attached hydrogens (tertiary/aromatic N) is 2. The first-order chi connectivity index (χ1) is 13.2. The van der Waals surface area contributed by atoms with Gasteiger partial charge in [-0.15, -0.1) is 0 Å². The number of benzene rings is 1. The van der Waals surface area contributed by atoms with Gasteiger partial charge in [-0.05, 0) is 43.7 Å². The van der Waals surface area contributed by atoms with E-state index in [1.807, 2.05) is 44.2 Å². The molecule has 1 aromatic carbocycles. The highest BCUT2D eigenvalue weighted by Gasteiger charge is 2.13. The summed E-state index contributed by atoms with van der Waals surface area (Å²) in [6.45, 7) is 6.32. The Hall–Kier alpha value is -2.96. The second-order valence-electron chi connectivity index (χ2n) is 5.63. The molecule has 0 amide bonds. The molecule has 7 nitrogen and oxygen atoms in total. The van der Waals surface area contributed by atoms with Gasteiger partial charge in [-0.1, -0.05) is 6.07 Å². The number of rotatable bonds is 9. The number of nitrogens with one attached hydrogen (secondary N) is 2. The van der Waals surface area contributed by atoms with E-state index in [-0.39, 0.29) is 0 Å². The van der Waals surface area contributed by atoms with Gasteiger partial charge in [-0.3, -0.25) is 4.98 Å². The highest BCUT2D eigenvalue weighted by molar-refractivity contribution is 5.79. The minimum Gasteiger partial charge on any atom is -0.493 e. The van der Waals surface area contributed by atoms with Crippen LogP contribution in [0, 0.1) is 0 Å². The van der Waals surface area contributed by atoms with Gasteiger partial charge in [0.1, 0.15) is 0 Å². The van der Waals surface area contributed by atoms with Crippen LogP contribution in [-0.4, -0.2) is 38.3 Å². The van der Waals surface area contributed by atoms with Crippen LogP contribution in [0.25, 0.3) is 0 Å². The molecule has 146 valence electrons. The van der Waals surface area contributed by atoms with Crippen molar-refractivity contribution < 1.29 is 14.2 Å². The van der Waals surface area contributed by atoms with E-state index in [1.165, 1.54) is 0 Å². The number of aliphatic imine (C=N–C) groups is 1. The molecule has 0 atom stereocenters. The first-order valence-corrected chi connectivity index (χ1v) is 9.01. The molecule has 0 saturated carbocycles. The third kappa shape index (κ3) is 6.06. The standard InChI is InChI=1S/C20H28N4O3/c1-5-21-20(24-14-16-9-7-8-10-22-16)23-13-15-11-17(25-3)19(27-6-2)18(12-15)26-4/h7-12H,5-6,13-14H2,1-4H3,(H2,21,23,24). The van der Waals surface area contributed by atoms with Gasteiger partial charge in [-0.2, -0.15) is 0 Å². The lowest BCUT2D eigenvalue weighted by molar-refractivity contribution is 0.288. The highest BCUT2D eigenvalue weighted by Crippen LogP contribution is 2.38. The molecule has 0 spiro atoms. The zero-order valence-corrected chi connectivity index (χ0v) is 16.4. The average molecular weight is 372 g/mol. The fraction of sp³-hybridized carbons (Fsp3) is 0.400. The van der Waals surface area contributed by atoms with Crippen molar-refractivity contribution in [2.75, 3.05) is 27.4 Å². The summed E-state index contributed by atoms with van der Waals surface area (Å²) in [7, 11) is 3.23. The van der Waals surface area contributed by atoms with Gasteiger partial charge < -0.3 is 24.8 Å². The van der Waals surface area contributed by atoms with Crippen molar-refractivity contribution >= 4 is 5.96 Å². The molecule has 2 aromatic rings. The van der Waals surface area contributed by atoms with E-state index in [4.69, 9.17) is 14.2 Å². The summed E-state index contributed by atoms with van der Waals surface area (Å²) in [5.74, 6) is 2.59. The number of hydrogen-bond acceptors (Lipinski definition) is 5. The van der Waals surface area contributed by atoms with Crippen LogP contribution in [-0.2, 0) is 13.1 Å². The lowest BCUT2D eigenvalue weighted by Gasteiger charge is -2.15. The van der Waals surface area contributed by atoms with Crippen LogP contribution >= 0.6 is 0 Å². The SMILES string of the molecule is CCNC(=NCc1cc(OC)c(OCC)c(OC)c1)NCc1ccccn1. The van der Waals surface area contributed by atoms with E-state index < -0.39 is 0 Å². The van der Waals surface area contributed by atoms with E-state index in [2.05, 4.69) is 20.6 Å². The molecular formula is C20H28N4O3. The largest absolute Gasteiger partial charge is 0.493 e. The minimum absolute atomic E-state index is 0.469. The summed E-state index contributed by atoms with van der Waals surface area (Å²) in [4.78, 5) is 8.95. The normalized spacial score (nSPS) is 11.0. The molecular weight excluding hydrogens is 344 g/mol. The van der Waals surface area contributed by atoms with Crippen molar-refractivity contribution in [1.82, 2.24) is 15.6 Å². The van der Waals surface area contributed by atoms with Crippen molar-refractivity contribution in [3.05, 3.63) is 47.8 Å². The van der Waals surface area contributed by atoms with Gasteiger partial charge >= 0.3 is 0 Å². The predicted octanol–water partition coefficient (Wildman–Crippen LogP) is 2.75. The number of guanidine groups is 1. The Morgan fingerprint density at radius 1 is 1.07 bits per heavy atom. The lowest BCUT2D eigenvalue weighted by Crippen LogP contribution is -2.37. The topological polar surface area (TPSA) is 77.0 Å². The molecule has 0 saturated heterocycles. The van der Waals surface area contributed by atoms with Crippen LogP contribution in [0.5, 0.6) is 17.2 Å². The maximum atomic E-state index is 5.64. The quantitative estimate of drug-likeness (QED) is 0.521. The molecule has 1 aromatic heterocycles. The molecule has 0 aliphatic heterocycles. The molecule has 1 heterocycles. The van der Waals surface area contributed by atoms with E-state index in [0.717, 1.165) is 23.8 Å². The molecule has 7 heteroatoms. The molecule has 2 N–H and O–H groups in total. The summed E-state index contributed by atoms with van der Waals surface area (Å²) >= 11 is 0. The second kappa shape index (κ2) is 10.9. The monoisotopic (exact) mass is 372 g/mol. The van der Waals surface area contributed by atoms with E-state index in [1.54, 1.807) is 20.4 Å².